The van der Waals surface area contributed by atoms with Crippen LogP contribution in [0.15, 0.2) is 78.9 Å². The molecule has 0 radical (unpaired) electrons. The number of ether oxygens (including phenoxy) is 3. The fraction of sp³-hybridized carbons (Fsp3) is 0.231. The van der Waals surface area contributed by atoms with Crippen molar-refractivity contribution in [3.05, 3.63) is 90.0 Å². The van der Waals surface area contributed by atoms with E-state index in [9.17, 15) is 10.1 Å². The SMILES string of the molecule is CC(C)C(C(=O)OC(C#N)c1cccc(Oc2ccccc2)c1)c1ccc(OC(Cl)(Cl)Cl)cc1. The van der Waals surface area contributed by atoms with Gasteiger partial charge in [0.2, 0.25) is 6.10 Å². The highest BCUT2D eigenvalue weighted by Crippen LogP contribution is 2.34. The molecule has 8 heteroatoms. The first-order valence-corrected chi connectivity index (χ1v) is 11.6. The Balaban J connectivity index is 1.76. The monoisotopic (exact) mass is 517 g/mol. The van der Waals surface area contributed by atoms with Crippen LogP contribution in [0.5, 0.6) is 17.2 Å². The van der Waals surface area contributed by atoms with Crippen molar-refractivity contribution in [2.45, 2.75) is 29.8 Å². The topological polar surface area (TPSA) is 68.6 Å². The summed E-state index contributed by atoms with van der Waals surface area (Å²) in [6.07, 6.45) is -1.10. The van der Waals surface area contributed by atoms with Crippen molar-refractivity contribution >= 4 is 40.8 Å². The molecule has 0 bridgehead atoms. The predicted molar refractivity (Wildman–Crippen MR) is 132 cm³/mol. The molecule has 2 atom stereocenters. The number of halogens is 3. The zero-order valence-corrected chi connectivity index (χ0v) is 20.7. The lowest BCUT2D eigenvalue weighted by molar-refractivity contribution is -0.150. The Labute approximate surface area is 213 Å². The molecular formula is C26H22Cl3NO4. The Morgan fingerprint density at radius 3 is 2.09 bits per heavy atom. The zero-order chi connectivity index (χ0) is 24.7. The van der Waals surface area contributed by atoms with E-state index in [0.717, 1.165) is 0 Å². The number of carbonyl (C=O) groups is 1. The van der Waals surface area contributed by atoms with Crippen LogP contribution in [0.1, 0.15) is 37.0 Å². The Kier molecular flexibility index (Phi) is 8.68. The summed E-state index contributed by atoms with van der Waals surface area (Å²) in [4.78, 5) is 13.1. The molecule has 0 N–H and O–H groups in total. The average molecular weight is 519 g/mol. The highest BCUT2D eigenvalue weighted by molar-refractivity contribution is 6.66. The van der Waals surface area contributed by atoms with Crippen molar-refractivity contribution in [3.8, 4) is 23.3 Å². The van der Waals surface area contributed by atoms with E-state index in [1.165, 1.54) is 0 Å². The summed E-state index contributed by atoms with van der Waals surface area (Å²) >= 11 is 17.0. The van der Waals surface area contributed by atoms with Crippen molar-refractivity contribution in [1.82, 2.24) is 0 Å². The third-order valence-electron chi connectivity index (χ3n) is 4.88. The summed E-state index contributed by atoms with van der Waals surface area (Å²) in [5.41, 5.74) is 1.20. The molecule has 0 amide bonds. The number of nitrogens with zero attached hydrogens (tertiary/aromatic N) is 1. The van der Waals surface area contributed by atoms with E-state index in [4.69, 9.17) is 49.0 Å². The van der Waals surface area contributed by atoms with Gasteiger partial charge in [-0.15, -0.1) is 0 Å². The smallest absolute Gasteiger partial charge is 0.338 e. The second kappa shape index (κ2) is 11.5. The number of nitriles is 1. The summed E-state index contributed by atoms with van der Waals surface area (Å²) in [5.74, 6) is 0.300. The van der Waals surface area contributed by atoms with Gasteiger partial charge in [0.25, 0.3) is 0 Å². The molecule has 3 rings (SSSR count). The van der Waals surface area contributed by atoms with Gasteiger partial charge in [-0.2, -0.15) is 5.26 Å². The molecule has 34 heavy (non-hydrogen) atoms. The van der Waals surface area contributed by atoms with Crippen LogP contribution in [-0.2, 0) is 9.53 Å². The van der Waals surface area contributed by atoms with Crippen molar-refractivity contribution in [2.75, 3.05) is 0 Å². The molecule has 3 aromatic carbocycles. The van der Waals surface area contributed by atoms with Crippen LogP contribution < -0.4 is 9.47 Å². The average Bonchev–Trinajstić information content (AvgIpc) is 2.78. The van der Waals surface area contributed by atoms with Crippen molar-refractivity contribution in [3.63, 3.8) is 0 Å². The normalized spacial score (nSPS) is 13.0. The molecule has 2 unspecified atom stereocenters. The summed E-state index contributed by atoms with van der Waals surface area (Å²) in [6.45, 7) is 3.79. The Bertz CT molecular complexity index is 1140. The van der Waals surface area contributed by atoms with Gasteiger partial charge in [-0.25, -0.2) is 0 Å². The van der Waals surface area contributed by atoms with Gasteiger partial charge in [0.15, 0.2) is 0 Å². The van der Waals surface area contributed by atoms with Gasteiger partial charge in [-0.05, 0) is 82.7 Å². The highest BCUT2D eigenvalue weighted by Gasteiger charge is 2.29. The van der Waals surface area contributed by atoms with Gasteiger partial charge in [0.05, 0.1) is 5.92 Å². The molecule has 176 valence electrons. The fourth-order valence-electron chi connectivity index (χ4n) is 3.39. The molecule has 0 spiro atoms. The van der Waals surface area contributed by atoms with E-state index in [1.54, 1.807) is 48.5 Å². The summed E-state index contributed by atoms with van der Waals surface area (Å²) in [7, 11) is 0. The first-order chi connectivity index (χ1) is 16.2. The van der Waals surface area contributed by atoms with Gasteiger partial charge in [0, 0.05) is 5.56 Å². The molecule has 0 aliphatic carbocycles. The summed E-state index contributed by atoms with van der Waals surface area (Å²) in [6, 6.07) is 24.8. The number of hydrogen-bond acceptors (Lipinski definition) is 5. The third kappa shape index (κ3) is 7.30. The number of rotatable bonds is 8. The molecule has 0 aromatic heterocycles. The minimum atomic E-state index is -1.89. The standard InChI is InChI=1S/C26H22Cl3NO4/c1-17(2)24(18-11-13-21(14-12-18)34-26(27,28)29)25(31)33-23(16-30)19-7-6-10-22(15-19)32-20-8-4-3-5-9-20/h3-15,17,23-24H,1-2H3. The van der Waals surface area contributed by atoms with Crippen LogP contribution >= 0.6 is 34.8 Å². The summed E-state index contributed by atoms with van der Waals surface area (Å²) in [5, 5.41) is 9.72. The second-order valence-corrected chi connectivity index (χ2v) is 9.95. The highest BCUT2D eigenvalue weighted by atomic mass is 35.6. The number of benzene rings is 3. The Morgan fingerprint density at radius 2 is 1.50 bits per heavy atom. The lowest BCUT2D eigenvalue weighted by atomic mass is 9.88. The van der Waals surface area contributed by atoms with Crippen LogP contribution in [-0.4, -0.2) is 9.95 Å². The molecular weight excluding hydrogens is 497 g/mol. The maximum absolute atomic E-state index is 13.1. The molecule has 0 fully saturated rings. The van der Waals surface area contributed by atoms with Gasteiger partial charge in [0.1, 0.15) is 23.3 Å². The van der Waals surface area contributed by atoms with Gasteiger partial charge in [-0.1, -0.05) is 56.3 Å². The number of carbonyl (C=O) groups excluding carboxylic acids is 1. The maximum Gasteiger partial charge on any atom is 0.338 e. The van der Waals surface area contributed by atoms with Gasteiger partial charge >= 0.3 is 9.95 Å². The van der Waals surface area contributed by atoms with Crippen molar-refractivity contribution in [1.29, 1.82) is 5.26 Å². The van der Waals surface area contributed by atoms with E-state index < -0.39 is 22.0 Å². The molecule has 5 nitrogen and oxygen atoms in total. The van der Waals surface area contributed by atoms with Gasteiger partial charge in [-0.3, -0.25) is 4.79 Å². The van der Waals surface area contributed by atoms with E-state index >= 15 is 0 Å². The Hall–Kier alpha value is -2.91. The number of alkyl halides is 3. The second-order valence-electron chi connectivity index (χ2n) is 7.77. The lowest BCUT2D eigenvalue weighted by Gasteiger charge is -2.22. The van der Waals surface area contributed by atoms with Crippen LogP contribution in [0, 0.1) is 17.2 Å². The molecule has 3 aromatic rings. The Morgan fingerprint density at radius 1 is 0.853 bits per heavy atom. The number of esters is 1. The predicted octanol–water partition coefficient (Wildman–Crippen LogP) is 7.73. The van der Waals surface area contributed by atoms with E-state index in [1.807, 2.05) is 44.2 Å². The zero-order valence-electron chi connectivity index (χ0n) is 18.5. The molecule has 0 heterocycles. The van der Waals surface area contributed by atoms with Crippen LogP contribution in [0.3, 0.4) is 0 Å². The molecule has 0 saturated carbocycles. The van der Waals surface area contributed by atoms with Crippen LogP contribution in [0.25, 0.3) is 0 Å². The lowest BCUT2D eigenvalue weighted by Crippen LogP contribution is -2.22. The molecule has 0 saturated heterocycles. The van der Waals surface area contributed by atoms with Gasteiger partial charge < -0.3 is 14.2 Å². The van der Waals surface area contributed by atoms with E-state index in [2.05, 4.69) is 6.07 Å². The molecule has 0 aliphatic rings. The summed E-state index contributed by atoms with van der Waals surface area (Å²) < 4.78 is 14.7. The first kappa shape index (κ1) is 25.7. The first-order valence-electron chi connectivity index (χ1n) is 10.4. The third-order valence-corrected chi connectivity index (χ3v) is 5.12. The van der Waals surface area contributed by atoms with Crippen molar-refractivity contribution < 1.29 is 19.0 Å². The quantitative estimate of drug-likeness (QED) is 0.225. The van der Waals surface area contributed by atoms with Crippen LogP contribution in [0.2, 0.25) is 0 Å². The maximum atomic E-state index is 13.1. The van der Waals surface area contributed by atoms with Crippen LogP contribution in [0.4, 0.5) is 0 Å². The number of hydrogen-bond donors (Lipinski definition) is 0. The number of para-hydroxylation sites is 1. The minimum absolute atomic E-state index is 0.0977. The van der Waals surface area contributed by atoms with E-state index in [-0.39, 0.29) is 5.92 Å². The van der Waals surface area contributed by atoms with Crippen molar-refractivity contribution in [2.24, 2.45) is 5.92 Å². The fourth-order valence-corrected chi connectivity index (χ4v) is 3.66. The largest absolute Gasteiger partial charge is 0.457 e. The minimum Gasteiger partial charge on any atom is -0.457 e. The van der Waals surface area contributed by atoms with E-state index in [0.29, 0.717) is 28.4 Å². The molecule has 0 aliphatic heterocycles.